The van der Waals surface area contributed by atoms with Crippen LogP contribution < -0.4 is 5.32 Å². The Hall–Kier alpha value is -4.15. The van der Waals surface area contributed by atoms with Crippen LogP contribution in [0.3, 0.4) is 0 Å². The summed E-state index contributed by atoms with van der Waals surface area (Å²) in [5.74, 6) is -0.981. The number of carbonyl (C=O) groups excluding carboxylic acids is 2. The van der Waals surface area contributed by atoms with E-state index in [1.54, 1.807) is 13.0 Å². The number of esters is 1. The number of aromatic amines is 1. The Morgan fingerprint density at radius 1 is 1.14 bits per heavy atom. The van der Waals surface area contributed by atoms with E-state index in [1.165, 1.54) is 11.3 Å². The molecule has 2 aromatic heterocycles. The van der Waals surface area contributed by atoms with Crippen molar-refractivity contribution in [2.75, 3.05) is 11.9 Å². The van der Waals surface area contributed by atoms with Crippen molar-refractivity contribution >= 4 is 45.2 Å². The topological polar surface area (TPSA) is 95.0 Å². The summed E-state index contributed by atoms with van der Waals surface area (Å²) < 4.78 is 5.30. The predicted molar refractivity (Wildman–Crippen MR) is 148 cm³/mol. The molecule has 0 atom stereocenters. The van der Waals surface area contributed by atoms with Crippen molar-refractivity contribution in [2.45, 2.75) is 39.5 Å². The predicted octanol–water partition coefficient (Wildman–Crippen LogP) is 6.81. The number of ether oxygens (including phenoxy) is 1. The van der Waals surface area contributed by atoms with Gasteiger partial charge in [0.05, 0.1) is 17.9 Å². The highest BCUT2D eigenvalue weighted by molar-refractivity contribution is 7.17. The van der Waals surface area contributed by atoms with Gasteiger partial charge in [-0.1, -0.05) is 48.5 Å². The van der Waals surface area contributed by atoms with Crippen molar-refractivity contribution < 1.29 is 14.3 Å². The van der Waals surface area contributed by atoms with Crippen LogP contribution in [0.1, 0.15) is 51.7 Å². The van der Waals surface area contributed by atoms with Crippen molar-refractivity contribution in [3.05, 3.63) is 81.2 Å². The fraction of sp³-hybridized carbons (Fsp3) is 0.233. The molecule has 5 rings (SSSR count). The number of hydrogen-bond donors (Lipinski definition) is 2. The number of carbonyl (C=O) groups is 2. The highest BCUT2D eigenvalue weighted by Crippen LogP contribution is 2.39. The molecule has 0 spiro atoms. The zero-order valence-electron chi connectivity index (χ0n) is 20.8. The van der Waals surface area contributed by atoms with E-state index < -0.39 is 11.9 Å². The zero-order chi connectivity index (χ0) is 25.9. The van der Waals surface area contributed by atoms with Crippen LogP contribution in [-0.4, -0.2) is 23.5 Å². The summed E-state index contributed by atoms with van der Waals surface area (Å²) >= 11 is 1.41. The number of fused-ring (bicyclic) bond motifs is 2. The van der Waals surface area contributed by atoms with E-state index in [0.717, 1.165) is 69.4 Å². The van der Waals surface area contributed by atoms with Crippen LogP contribution in [0, 0.1) is 18.3 Å². The third-order valence-corrected chi connectivity index (χ3v) is 7.88. The SMILES string of the molecule is CCOC(=O)c1c(NC(=O)/C(C#N)=C/c2c(-c3ccccc3)[nH]c3c(C)cccc23)sc2c1CCCC2. The number of nitrogens with zero attached hydrogens (tertiary/aromatic N) is 1. The molecule has 186 valence electrons. The van der Waals surface area contributed by atoms with Gasteiger partial charge >= 0.3 is 5.97 Å². The minimum atomic E-state index is -0.548. The number of hydrogen-bond acceptors (Lipinski definition) is 5. The normalized spacial score (nSPS) is 13.2. The molecule has 7 heteroatoms. The summed E-state index contributed by atoms with van der Waals surface area (Å²) in [6.07, 6.45) is 5.33. The second kappa shape index (κ2) is 10.5. The average Bonchev–Trinajstić information content (AvgIpc) is 3.46. The minimum Gasteiger partial charge on any atom is -0.462 e. The molecule has 0 bridgehead atoms. The number of aryl methyl sites for hydroxylation is 2. The lowest BCUT2D eigenvalue weighted by Gasteiger charge is -2.12. The third-order valence-electron chi connectivity index (χ3n) is 6.68. The van der Waals surface area contributed by atoms with Crippen LogP contribution in [-0.2, 0) is 22.4 Å². The fourth-order valence-corrected chi connectivity index (χ4v) is 6.18. The third kappa shape index (κ3) is 4.68. The van der Waals surface area contributed by atoms with Gasteiger partial charge in [-0.25, -0.2) is 4.79 Å². The van der Waals surface area contributed by atoms with Crippen LogP contribution in [0.2, 0.25) is 0 Å². The van der Waals surface area contributed by atoms with Gasteiger partial charge in [-0.05, 0) is 62.3 Å². The quantitative estimate of drug-likeness (QED) is 0.170. The Morgan fingerprint density at radius 3 is 2.68 bits per heavy atom. The molecule has 2 heterocycles. The van der Waals surface area contributed by atoms with Crippen molar-refractivity contribution in [2.24, 2.45) is 0 Å². The Labute approximate surface area is 219 Å². The van der Waals surface area contributed by atoms with E-state index in [0.29, 0.717) is 10.6 Å². The summed E-state index contributed by atoms with van der Waals surface area (Å²) in [7, 11) is 0. The van der Waals surface area contributed by atoms with Gasteiger partial charge in [0.15, 0.2) is 0 Å². The molecule has 1 amide bonds. The van der Waals surface area contributed by atoms with Crippen molar-refractivity contribution in [3.63, 3.8) is 0 Å². The monoisotopic (exact) mass is 509 g/mol. The number of nitriles is 1. The zero-order valence-corrected chi connectivity index (χ0v) is 21.6. The number of H-pyrrole nitrogens is 1. The average molecular weight is 510 g/mol. The van der Waals surface area contributed by atoms with Gasteiger partial charge in [0, 0.05) is 21.3 Å². The van der Waals surface area contributed by atoms with Crippen molar-refractivity contribution in [1.29, 1.82) is 5.26 Å². The van der Waals surface area contributed by atoms with Gasteiger partial charge in [0.2, 0.25) is 0 Å². The van der Waals surface area contributed by atoms with Crippen LogP contribution in [0.25, 0.3) is 28.2 Å². The minimum absolute atomic E-state index is 0.0410. The molecule has 6 nitrogen and oxygen atoms in total. The number of para-hydroxylation sites is 1. The summed E-state index contributed by atoms with van der Waals surface area (Å²) in [4.78, 5) is 30.8. The Bertz CT molecular complexity index is 1570. The lowest BCUT2D eigenvalue weighted by molar-refractivity contribution is -0.112. The maximum atomic E-state index is 13.4. The molecule has 4 aromatic rings. The van der Waals surface area contributed by atoms with Crippen LogP contribution >= 0.6 is 11.3 Å². The molecule has 0 aliphatic heterocycles. The number of thiophene rings is 1. The molecule has 1 aliphatic rings. The number of anilines is 1. The lowest BCUT2D eigenvalue weighted by atomic mass is 9.95. The maximum absolute atomic E-state index is 13.4. The van der Waals surface area contributed by atoms with Crippen LogP contribution in [0.4, 0.5) is 5.00 Å². The Balaban J connectivity index is 1.57. The first-order chi connectivity index (χ1) is 18.0. The second-order valence-electron chi connectivity index (χ2n) is 9.04. The molecule has 37 heavy (non-hydrogen) atoms. The van der Waals surface area contributed by atoms with E-state index in [-0.39, 0.29) is 12.2 Å². The van der Waals surface area contributed by atoms with Gasteiger partial charge in [0.25, 0.3) is 5.91 Å². The molecule has 1 aliphatic carbocycles. The summed E-state index contributed by atoms with van der Waals surface area (Å²) in [5.41, 5.74) is 5.95. The lowest BCUT2D eigenvalue weighted by Crippen LogP contribution is -2.16. The largest absolute Gasteiger partial charge is 0.462 e. The highest BCUT2D eigenvalue weighted by Gasteiger charge is 2.28. The molecule has 2 aromatic carbocycles. The Morgan fingerprint density at radius 2 is 1.92 bits per heavy atom. The smallest absolute Gasteiger partial charge is 0.341 e. The second-order valence-corrected chi connectivity index (χ2v) is 10.1. The first kappa shape index (κ1) is 24.5. The van der Waals surface area contributed by atoms with Crippen molar-refractivity contribution in [3.8, 4) is 17.3 Å². The molecule has 0 radical (unpaired) electrons. The molecule has 2 N–H and O–H groups in total. The van der Waals surface area contributed by atoms with Gasteiger partial charge in [-0.2, -0.15) is 5.26 Å². The Kier molecular flexibility index (Phi) is 6.93. The number of rotatable bonds is 6. The van der Waals surface area contributed by atoms with Gasteiger partial charge in [0.1, 0.15) is 16.6 Å². The van der Waals surface area contributed by atoms with Crippen molar-refractivity contribution in [1.82, 2.24) is 4.98 Å². The van der Waals surface area contributed by atoms with E-state index in [1.807, 2.05) is 55.5 Å². The first-order valence-corrected chi connectivity index (χ1v) is 13.2. The summed E-state index contributed by atoms with van der Waals surface area (Å²) in [6.45, 7) is 4.04. The standard InChI is InChI=1S/C30H27N3O3S/c1-3-36-30(35)25-22-13-7-8-15-24(22)37-29(25)33-28(34)20(17-31)16-23-21-14-9-10-18(2)26(21)32-27(23)19-11-5-4-6-12-19/h4-6,9-12,14,16,32H,3,7-8,13,15H2,1-2H3,(H,33,34)/b20-16+. The molecule has 0 fully saturated rings. The van der Waals surface area contributed by atoms with E-state index in [9.17, 15) is 14.9 Å². The van der Waals surface area contributed by atoms with Gasteiger partial charge in [-0.15, -0.1) is 11.3 Å². The molecular weight excluding hydrogens is 482 g/mol. The summed E-state index contributed by atoms with van der Waals surface area (Å²) in [6, 6.07) is 17.9. The molecular formula is C30H27N3O3S. The maximum Gasteiger partial charge on any atom is 0.341 e. The van der Waals surface area contributed by atoms with E-state index in [2.05, 4.69) is 16.4 Å². The number of nitrogens with one attached hydrogen (secondary N) is 2. The van der Waals surface area contributed by atoms with E-state index in [4.69, 9.17) is 4.74 Å². The van der Waals surface area contributed by atoms with Gasteiger partial charge < -0.3 is 15.0 Å². The first-order valence-electron chi connectivity index (χ1n) is 12.4. The molecule has 0 unspecified atom stereocenters. The fourth-order valence-electron chi connectivity index (χ4n) is 4.90. The summed E-state index contributed by atoms with van der Waals surface area (Å²) in [5, 5.41) is 14.3. The number of benzene rings is 2. The van der Waals surface area contributed by atoms with Crippen LogP contribution in [0.15, 0.2) is 54.1 Å². The highest BCUT2D eigenvalue weighted by atomic mass is 32.1. The van der Waals surface area contributed by atoms with Crippen LogP contribution in [0.5, 0.6) is 0 Å². The number of aromatic nitrogens is 1. The number of amides is 1. The van der Waals surface area contributed by atoms with E-state index >= 15 is 0 Å². The molecule has 0 saturated heterocycles. The van der Waals surface area contributed by atoms with Gasteiger partial charge in [-0.3, -0.25) is 4.79 Å². The molecule has 0 saturated carbocycles.